The summed E-state index contributed by atoms with van der Waals surface area (Å²) in [7, 11) is 0. The molecule has 0 aliphatic rings. The Morgan fingerprint density at radius 3 is 2.52 bits per heavy atom. The van der Waals surface area contributed by atoms with Gasteiger partial charge in [0, 0.05) is 27.5 Å². The van der Waals surface area contributed by atoms with E-state index in [1.807, 2.05) is 18.2 Å². The fraction of sp³-hybridized carbons (Fsp3) is 0.148. The van der Waals surface area contributed by atoms with Crippen LogP contribution in [0.5, 0.6) is 11.5 Å². The molecule has 5 aromatic rings. The Balaban J connectivity index is 1.93. The average Bonchev–Trinajstić information content (AvgIpc) is 3.19. The van der Waals surface area contributed by atoms with Crippen LogP contribution in [0.4, 0.5) is 0 Å². The van der Waals surface area contributed by atoms with Crippen molar-refractivity contribution in [3.8, 4) is 17.3 Å². The average molecular weight is 477 g/mol. The third kappa shape index (κ3) is 3.72. The van der Waals surface area contributed by atoms with Gasteiger partial charge in [-0.2, -0.15) is 0 Å². The molecule has 4 heteroatoms. The Hall–Kier alpha value is -3.11. The lowest BCUT2D eigenvalue weighted by molar-refractivity contribution is 0.483. The summed E-state index contributed by atoms with van der Waals surface area (Å²) < 4.78 is 59.9. The zero-order valence-corrected chi connectivity index (χ0v) is 18.9. The second-order valence-corrected chi connectivity index (χ2v) is 9.21. The van der Waals surface area contributed by atoms with Crippen LogP contribution >= 0.6 is 15.9 Å². The molecule has 0 radical (unpaired) electrons. The molecule has 0 fully saturated rings. The molecule has 31 heavy (non-hydrogen) atoms. The monoisotopic (exact) mass is 476 g/mol. The summed E-state index contributed by atoms with van der Waals surface area (Å²) in [5.41, 5.74) is 1.40. The Morgan fingerprint density at radius 1 is 0.903 bits per heavy atom. The summed E-state index contributed by atoms with van der Waals surface area (Å²) in [6.07, 6.45) is 1.67. The molecule has 0 spiro atoms. The number of nitrogens with zero attached hydrogens (tertiary/aromatic N) is 2. The largest absolute Gasteiger partial charge is 0.457 e. The van der Waals surface area contributed by atoms with E-state index in [0.717, 1.165) is 10.0 Å². The van der Waals surface area contributed by atoms with Crippen LogP contribution in [0.2, 0.25) is 0 Å². The number of hydrogen-bond donors (Lipinski definition) is 0. The van der Waals surface area contributed by atoms with Gasteiger partial charge in [0.25, 0.3) is 0 Å². The third-order valence-electron chi connectivity index (χ3n) is 5.08. The zero-order valence-electron chi connectivity index (χ0n) is 23.3. The molecule has 2 heterocycles. The number of benzene rings is 3. The number of rotatable bonds is 3. The van der Waals surface area contributed by atoms with Crippen molar-refractivity contribution in [1.29, 1.82) is 0 Å². The molecule has 0 N–H and O–H groups in total. The topological polar surface area (TPSA) is 27.1 Å². The third-order valence-corrected chi connectivity index (χ3v) is 5.57. The maximum atomic E-state index is 8.86. The maximum Gasteiger partial charge on any atom is 0.137 e. The van der Waals surface area contributed by atoms with Gasteiger partial charge >= 0.3 is 0 Å². The van der Waals surface area contributed by atoms with E-state index in [2.05, 4.69) is 41.7 Å². The van der Waals surface area contributed by atoms with Crippen molar-refractivity contribution in [3.05, 3.63) is 95.0 Å². The van der Waals surface area contributed by atoms with E-state index in [1.54, 1.807) is 35.0 Å². The number of hydrogen-bond acceptors (Lipinski definition) is 2. The molecule has 0 atom stereocenters. The van der Waals surface area contributed by atoms with Crippen molar-refractivity contribution in [2.45, 2.75) is 26.2 Å². The van der Waals surface area contributed by atoms with Gasteiger partial charge in [-0.25, -0.2) is 4.98 Å². The highest BCUT2D eigenvalue weighted by Gasteiger charge is 2.18. The van der Waals surface area contributed by atoms with Gasteiger partial charge < -0.3 is 4.74 Å². The van der Waals surface area contributed by atoms with Crippen molar-refractivity contribution < 1.29 is 13.0 Å². The lowest BCUT2D eigenvalue weighted by atomic mass is 9.88. The van der Waals surface area contributed by atoms with E-state index < -0.39 is 6.04 Å². The number of para-hydroxylation sites is 1. The summed E-state index contributed by atoms with van der Waals surface area (Å²) in [6, 6.07) is 10.9. The van der Waals surface area contributed by atoms with Crippen molar-refractivity contribution in [1.82, 2.24) is 9.55 Å². The molecule has 0 unspecified atom stereocenters. The van der Waals surface area contributed by atoms with Crippen LogP contribution in [0.15, 0.2) is 89.4 Å². The first-order valence-electron chi connectivity index (χ1n) is 12.8. The molecule has 0 saturated carbocycles. The van der Waals surface area contributed by atoms with E-state index in [9.17, 15) is 0 Å². The van der Waals surface area contributed by atoms with Gasteiger partial charge in [-0.05, 0) is 59.4 Å². The second kappa shape index (κ2) is 7.54. The molecular weight excluding hydrogens is 448 g/mol. The Bertz CT molecular complexity index is 1730. The minimum atomic E-state index is -0.395. The number of halogens is 1. The molecule has 5 rings (SSSR count). The van der Waals surface area contributed by atoms with Gasteiger partial charge in [0.05, 0.1) is 19.3 Å². The molecule has 0 aliphatic carbocycles. The van der Waals surface area contributed by atoms with Gasteiger partial charge in [0.1, 0.15) is 17.3 Å². The summed E-state index contributed by atoms with van der Waals surface area (Å²) in [5.74, 6) is 1.05. The minimum Gasteiger partial charge on any atom is -0.457 e. The van der Waals surface area contributed by atoms with Crippen molar-refractivity contribution in [2.75, 3.05) is 0 Å². The van der Waals surface area contributed by atoms with Crippen LogP contribution in [0.3, 0.4) is 0 Å². The highest BCUT2D eigenvalue weighted by atomic mass is 79.9. The van der Waals surface area contributed by atoms with Crippen molar-refractivity contribution in [3.63, 3.8) is 0 Å². The van der Waals surface area contributed by atoms with Crippen molar-refractivity contribution >= 4 is 37.7 Å². The summed E-state index contributed by atoms with van der Waals surface area (Å²) in [6.45, 7) is 6.22. The van der Waals surface area contributed by atoms with E-state index >= 15 is 0 Å². The van der Waals surface area contributed by atoms with Crippen LogP contribution < -0.4 is 4.74 Å². The zero-order chi connectivity index (χ0) is 26.8. The Labute approximate surface area is 198 Å². The first-order valence-corrected chi connectivity index (χ1v) is 10.6. The summed E-state index contributed by atoms with van der Waals surface area (Å²) >= 11 is 3.41. The molecule has 154 valence electrons. The molecule has 2 aromatic heterocycles. The Morgan fingerprint density at radius 2 is 1.71 bits per heavy atom. The second-order valence-electron chi connectivity index (χ2n) is 8.29. The summed E-state index contributed by atoms with van der Waals surface area (Å²) in [5, 5.41) is 0.424. The number of aromatic nitrogens is 2. The maximum absolute atomic E-state index is 8.86. The molecule has 0 amide bonds. The summed E-state index contributed by atoms with van der Waals surface area (Å²) in [4.78, 5) is 4.55. The number of pyridine rings is 1. The first kappa shape index (κ1) is 14.0. The van der Waals surface area contributed by atoms with Crippen LogP contribution in [0.1, 0.15) is 34.6 Å². The Kier molecular flexibility index (Phi) is 3.42. The van der Waals surface area contributed by atoms with E-state index in [-0.39, 0.29) is 57.7 Å². The normalized spacial score (nSPS) is 14.6. The molecule has 3 aromatic carbocycles. The fourth-order valence-electron chi connectivity index (χ4n) is 3.52. The van der Waals surface area contributed by atoms with Crippen LogP contribution in [0.25, 0.3) is 27.6 Å². The van der Waals surface area contributed by atoms with Gasteiger partial charge in [0.15, 0.2) is 0 Å². The SMILES string of the molecule is [2H]c1c(Oc2cccc(Br)c2)cc2c(c1[2H])c1c([2H])c([2H])c([2H])c([2H])c1n2-c1cc(C(C)(C)C)ccn1. The van der Waals surface area contributed by atoms with E-state index in [0.29, 0.717) is 17.1 Å². The highest BCUT2D eigenvalue weighted by molar-refractivity contribution is 9.10. The molecule has 3 nitrogen and oxygen atoms in total. The molecule has 0 aliphatic heterocycles. The smallest absolute Gasteiger partial charge is 0.137 e. The van der Waals surface area contributed by atoms with E-state index in [4.69, 9.17) is 13.0 Å². The van der Waals surface area contributed by atoms with Gasteiger partial charge in [-0.3, -0.25) is 4.57 Å². The predicted molar refractivity (Wildman–Crippen MR) is 131 cm³/mol. The minimum absolute atomic E-state index is 0.127. The fourth-order valence-corrected chi connectivity index (χ4v) is 3.90. The van der Waals surface area contributed by atoms with Gasteiger partial charge in [-0.15, -0.1) is 0 Å². The quantitative estimate of drug-likeness (QED) is 0.263. The predicted octanol–water partition coefficient (Wildman–Crippen LogP) is 8.03. The number of fused-ring (bicyclic) bond motifs is 3. The standard InChI is InChI=1S/C27H23BrN2O/c1-27(2,3)18-13-14-29-26(15-18)30-24-10-5-4-9-22(24)23-12-11-21(17-25(23)30)31-20-8-6-7-19(28)16-20/h4-17H,1-3H3/i4D,5D,9D,10D,11D,12D. The van der Waals surface area contributed by atoms with Crippen LogP contribution in [-0.2, 0) is 5.41 Å². The van der Waals surface area contributed by atoms with Gasteiger partial charge in [0.2, 0.25) is 0 Å². The van der Waals surface area contributed by atoms with Crippen molar-refractivity contribution in [2.24, 2.45) is 0 Å². The molecular formula is C27H23BrN2O. The lowest BCUT2D eigenvalue weighted by Crippen LogP contribution is -2.12. The lowest BCUT2D eigenvalue weighted by Gasteiger charge is -2.20. The van der Waals surface area contributed by atoms with Crippen LogP contribution in [0, 0.1) is 0 Å². The molecule has 0 saturated heterocycles. The van der Waals surface area contributed by atoms with Crippen LogP contribution in [-0.4, -0.2) is 9.55 Å². The first-order chi connectivity index (χ1) is 17.4. The van der Waals surface area contributed by atoms with E-state index in [1.165, 1.54) is 0 Å². The number of ether oxygens (including phenoxy) is 1. The molecule has 0 bridgehead atoms. The van der Waals surface area contributed by atoms with Gasteiger partial charge in [-0.1, -0.05) is 60.9 Å². The highest BCUT2D eigenvalue weighted by Crippen LogP contribution is 2.35.